The van der Waals surface area contributed by atoms with E-state index in [4.69, 9.17) is 9.47 Å². The molecule has 8 rings (SSSR count). The highest BCUT2D eigenvalue weighted by Crippen LogP contribution is 2.65. The lowest BCUT2D eigenvalue weighted by molar-refractivity contribution is -0.124. The van der Waals surface area contributed by atoms with Gasteiger partial charge >= 0.3 is 5.97 Å². The van der Waals surface area contributed by atoms with Crippen LogP contribution < -0.4 is 9.64 Å². The van der Waals surface area contributed by atoms with Crippen LogP contribution in [0, 0.1) is 35.5 Å². The van der Waals surface area contributed by atoms with Crippen LogP contribution in [0.25, 0.3) is 0 Å². The van der Waals surface area contributed by atoms with Gasteiger partial charge in [0.15, 0.2) is 12.4 Å². The predicted octanol–water partition coefficient (Wildman–Crippen LogP) is 4.86. The van der Waals surface area contributed by atoms with E-state index in [-0.39, 0.29) is 46.8 Å². The number of carbonyl (C=O) groups is 4. The molecule has 0 spiro atoms. The van der Waals surface area contributed by atoms with Crippen molar-refractivity contribution in [2.75, 3.05) is 11.5 Å². The van der Waals surface area contributed by atoms with Crippen LogP contribution in [0.15, 0.2) is 91.0 Å². The molecule has 7 heteroatoms. The van der Waals surface area contributed by atoms with E-state index in [2.05, 4.69) is 12.2 Å². The molecule has 3 fully saturated rings. The number of anilines is 1. The molecule has 0 N–H and O–H groups in total. The Kier molecular flexibility index (Phi) is 5.88. The maximum atomic E-state index is 13.4. The summed E-state index contributed by atoms with van der Waals surface area (Å²) in [7, 11) is 0. The molecule has 1 heterocycles. The Morgan fingerprint density at radius 1 is 0.775 bits per heavy atom. The van der Waals surface area contributed by atoms with Gasteiger partial charge in [-0.05, 0) is 78.1 Å². The number of Topliss-reactive ketones (excluding diaryl/α,β-unsaturated/α-hetero) is 1. The van der Waals surface area contributed by atoms with Crippen LogP contribution in [0.3, 0.4) is 0 Å². The van der Waals surface area contributed by atoms with Gasteiger partial charge in [0.05, 0.1) is 23.1 Å². The van der Waals surface area contributed by atoms with Gasteiger partial charge in [0.2, 0.25) is 11.8 Å². The van der Waals surface area contributed by atoms with Crippen molar-refractivity contribution in [3.63, 3.8) is 0 Å². The third kappa shape index (κ3) is 4.13. The second-order valence-corrected chi connectivity index (χ2v) is 11.0. The fourth-order valence-corrected chi connectivity index (χ4v) is 6.76. The summed E-state index contributed by atoms with van der Waals surface area (Å²) in [5, 5.41) is 0. The number of ether oxygens (including phenoxy) is 2. The quantitative estimate of drug-likeness (QED) is 0.178. The molecule has 1 aliphatic heterocycles. The molecule has 200 valence electrons. The second-order valence-electron chi connectivity index (χ2n) is 11.0. The molecule has 0 radical (unpaired) electrons. The minimum Gasteiger partial charge on any atom is -0.489 e. The fraction of sp³-hybridized carbons (Fsp3) is 0.273. The Morgan fingerprint density at radius 2 is 1.45 bits per heavy atom. The monoisotopic (exact) mass is 533 g/mol. The zero-order valence-corrected chi connectivity index (χ0v) is 21.6. The smallest absolute Gasteiger partial charge is 0.338 e. The summed E-state index contributed by atoms with van der Waals surface area (Å²) in [6, 6.07) is 22.8. The first-order chi connectivity index (χ1) is 19.5. The molecule has 2 bridgehead atoms. The van der Waals surface area contributed by atoms with Gasteiger partial charge in [-0.15, -0.1) is 0 Å². The van der Waals surface area contributed by atoms with E-state index in [1.54, 1.807) is 42.5 Å². The van der Waals surface area contributed by atoms with E-state index in [1.165, 1.54) is 11.0 Å². The number of imide groups is 1. The first kappa shape index (κ1) is 24.5. The molecule has 3 aromatic carbocycles. The highest BCUT2D eigenvalue weighted by Gasteiger charge is 2.67. The minimum absolute atomic E-state index is 0.130. The number of carbonyl (C=O) groups excluding carboxylic acids is 4. The van der Waals surface area contributed by atoms with Crippen molar-refractivity contribution < 1.29 is 28.7 Å². The van der Waals surface area contributed by atoms with Crippen molar-refractivity contribution in [2.45, 2.75) is 13.0 Å². The Hall–Kier alpha value is -4.52. The number of ketones is 1. The molecular weight excluding hydrogens is 506 g/mol. The number of amides is 2. The molecule has 5 aliphatic rings. The summed E-state index contributed by atoms with van der Waals surface area (Å²) in [4.78, 5) is 53.5. The van der Waals surface area contributed by atoms with Crippen LogP contribution in [0.2, 0.25) is 0 Å². The standard InChI is InChI=1S/C33H27NO6/c35-28(20-9-11-23(12-10-20)39-17-19-5-2-1-3-6-19)18-40-33(38)21-7-4-8-22(15-21)34-31(36)29-24-13-14-25(27-16-26(24)27)30(29)32(34)37/h1-15,24-27,29-30H,16-18H2/t24-,25-,26-,27-,29-,30+/m1/s1. The Labute approximate surface area is 231 Å². The molecule has 1 saturated heterocycles. The second kappa shape index (κ2) is 9.59. The SMILES string of the molecule is O=C(COC(=O)c1cccc(N2C(=O)[C@@H]3[C@@H]4C=C[C@H]([C@H]5C[C@H]45)[C@@H]3C2=O)c1)c1ccc(OCc2ccccc2)cc1. The van der Waals surface area contributed by atoms with E-state index in [1.807, 2.05) is 30.3 Å². The Bertz CT molecular complexity index is 1510. The number of nitrogens with zero attached hydrogens (tertiary/aromatic N) is 1. The lowest BCUT2D eigenvalue weighted by atomic mass is 9.63. The number of hydrogen-bond donors (Lipinski definition) is 0. The van der Waals surface area contributed by atoms with Gasteiger partial charge < -0.3 is 9.47 Å². The normalized spacial score (nSPS) is 27.2. The first-order valence-corrected chi connectivity index (χ1v) is 13.6. The van der Waals surface area contributed by atoms with Crippen molar-refractivity contribution in [1.29, 1.82) is 0 Å². The summed E-state index contributed by atoms with van der Waals surface area (Å²) >= 11 is 0. The lowest BCUT2D eigenvalue weighted by Crippen LogP contribution is -2.40. The van der Waals surface area contributed by atoms with Crippen LogP contribution >= 0.6 is 0 Å². The van der Waals surface area contributed by atoms with Crippen molar-refractivity contribution in [3.05, 3.63) is 108 Å². The maximum Gasteiger partial charge on any atom is 0.338 e. The van der Waals surface area contributed by atoms with E-state index < -0.39 is 12.6 Å². The van der Waals surface area contributed by atoms with Crippen molar-refractivity contribution >= 4 is 29.3 Å². The fourth-order valence-electron chi connectivity index (χ4n) is 6.76. The predicted molar refractivity (Wildman–Crippen MR) is 145 cm³/mol. The van der Waals surface area contributed by atoms with Gasteiger partial charge in [0.1, 0.15) is 12.4 Å². The molecule has 0 unspecified atom stereocenters. The Morgan fingerprint density at radius 3 is 2.12 bits per heavy atom. The zero-order chi connectivity index (χ0) is 27.4. The van der Waals surface area contributed by atoms with Crippen LogP contribution in [0.4, 0.5) is 5.69 Å². The van der Waals surface area contributed by atoms with Gasteiger partial charge in [-0.2, -0.15) is 0 Å². The van der Waals surface area contributed by atoms with Gasteiger partial charge in [-0.1, -0.05) is 48.6 Å². The number of esters is 1. The van der Waals surface area contributed by atoms with Crippen LogP contribution in [0.5, 0.6) is 5.75 Å². The summed E-state index contributed by atoms with van der Waals surface area (Å²) in [5.74, 6) is -0.116. The van der Waals surface area contributed by atoms with Crippen LogP contribution in [0.1, 0.15) is 32.7 Å². The van der Waals surface area contributed by atoms with Gasteiger partial charge in [0.25, 0.3) is 0 Å². The lowest BCUT2D eigenvalue weighted by Gasteiger charge is -2.37. The number of benzene rings is 3. The summed E-state index contributed by atoms with van der Waals surface area (Å²) in [6.45, 7) is -0.0172. The largest absolute Gasteiger partial charge is 0.489 e. The molecule has 7 nitrogen and oxygen atoms in total. The van der Waals surface area contributed by atoms with E-state index in [9.17, 15) is 19.2 Å². The molecular formula is C33H27NO6. The summed E-state index contributed by atoms with van der Waals surface area (Å²) in [5.41, 5.74) is 1.97. The third-order valence-electron chi connectivity index (χ3n) is 8.76. The molecule has 40 heavy (non-hydrogen) atoms. The van der Waals surface area contributed by atoms with Crippen molar-refractivity contribution in [1.82, 2.24) is 0 Å². The van der Waals surface area contributed by atoms with E-state index in [0.717, 1.165) is 12.0 Å². The molecule has 2 amide bonds. The number of hydrogen-bond acceptors (Lipinski definition) is 6. The van der Waals surface area contributed by atoms with Crippen molar-refractivity contribution in [3.8, 4) is 5.75 Å². The molecule has 3 aromatic rings. The van der Waals surface area contributed by atoms with E-state index in [0.29, 0.717) is 35.4 Å². The highest BCUT2D eigenvalue weighted by molar-refractivity contribution is 6.23. The van der Waals surface area contributed by atoms with Gasteiger partial charge in [0, 0.05) is 5.56 Å². The highest BCUT2D eigenvalue weighted by atomic mass is 16.5. The van der Waals surface area contributed by atoms with Crippen LogP contribution in [-0.4, -0.2) is 30.2 Å². The first-order valence-electron chi connectivity index (χ1n) is 13.6. The van der Waals surface area contributed by atoms with Gasteiger partial charge in [-0.3, -0.25) is 14.4 Å². The third-order valence-corrected chi connectivity index (χ3v) is 8.76. The Balaban J connectivity index is 0.979. The number of allylic oxidation sites excluding steroid dienone is 2. The maximum absolute atomic E-state index is 13.4. The minimum atomic E-state index is -0.697. The van der Waals surface area contributed by atoms with Crippen molar-refractivity contribution in [2.24, 2.45) is 35.5 Å². The number of rotatable bonds is 8. The molecule has 0 aromatic heterocycles. The molecule has 2 saturated carbocycles. The molecule has 6 atom stereocenters. The topological polar surface area (TPSA) is 90.0 Å². The van der Waals surface area contributed by atoms with Gasteiger partial charge in [-0.25, -0.2) is 9.69 Å². The molecule has 4 aliphatic carbocycles. The summed E-state index contributed by atoms with van der Waals surface area (Å²) in [6.07, 6.45) is 5.36. The average molecular weight is 534 g/mol. The zero-order valence-electron chi connectivity index (χ0n) is 21.6. The van der Waals surface area contributed by atoms with Crippen LogP contribution in [-0.2, 0) is 20.9 Å². The summed E-state index contributed by atoms with van der Waals surface area (Å²) < 4.78 is 11.0. The average Bonchev–Trinajstić information content (AvgIpc) is 3.78. The van der Waals surface area contributed by atoms with E-state index >= 15 is 0 Å².